The first-order valence-electron chi connectivity index (χ1n) is 4.66. The lowest BCUT2D eigenvalue weighted by Crippen LogP contribution is -2.38. The van der Waals surface area contributed by atoms with Crippen LogP contribution in [-0.2, 0) is 4.79 Å². The largest absolute Gasteiger partial charge is 0.411 e. The zero-order chi connectivity index (χ0) is 11.7. The molecular formula is C9H11N3O3S. The minimum atomic E-state index is -1.03. The molecule has 1 aromatic rings. The number of amides is 1. The third-order valence-corrected chi connectivity index (χ3v) is 3.42. The number of fused-ring (bicyclic) bond motifs is 1. The zero-order valence-electron chi connectivity index (χ0n) is 8.25. The first kappa shape index (κ1) is 11.1. The van der Waals surface area contributed by atoms with Crippen molar-refractivity contribution in [2.45, 2.75) is 12.1 Å². The smallest absolute Gasteiger partial charge is 0.234 e. The second kappa shape index (κ2) is 4.20. The summed E-state index contributed by atoms with van der Waals surface area (Å²) in [5.41, 5.74) is 6.13. The molecule has 1 aliphatic rings. The maximum Gasteiger partial charge on any atom is 0.234 e. The highest BCUT2D eigenvalue weighted by atomic mass is 32.1. The van der Waals surface area contributed by atoms with E-state index in [4.69, 9.17) is 10.9 Å². The van der Waals surface area contributed by atoms with Crippen LogP contribution in [0.1, 0.15) is 16.5 Å². The van der Waals surface area contributed by atoms with Crippen molar-refractivity contribution < 1.29 is 15.1 Å². The third kappa shape index (κ3) is 1.58. The molecular weight excluding hydrogens is 230 g/mol. The predicted octanol–water partition coefficient (Wildman–Crippen LogP) is -0.583. The molecule has 2 unspecified atom stereocenters. The fourth-order valence-corrected chi connectivity index (χ4v) is 2.69. The molecule has 1 amide bonds. The van der Waals surface area contributed by atoms with E-state index in [9.17, 15) is 9.90 Å². The molecule has 1 heterocycles. The molecule has 0 fully saturated rings. The molecule has 2 rings (SSSR count). The van der Waals surface area contributed by atoms with Crippen LogP contribution < -0.4 is 11.1 Å². The molecule has 0 spiro atoms. The van der Waals surface area contributed by atoms with Gasteiger partial charge in [0.2, 0.25) is 5.91 Å². The number of carbonyl (C=O) groups excluding carboxylic acids is 1. The Hall–Kier alpha value is -1.44. The van der Waals surface area contributed by atoms with E-state index >= 15 is 0 Å². The number of oxime groups is 1. The lowest BCUT2D eigenvalue weighted by molar-refractivity contribution is -0.121. The molecule has 16 heavy (non-hydrogen) atoms. The van der Waals surface area contributed by atoms with Gasteiger partial charge in [0.1, 0.15) is 11.8 Å². The van der Waals surface area contributed by atoms with Crippen molar-refractivity contribution in [1.29, 1.82) is 0 Å². The molecule has 0 aromatic carbocycles. The minimum absolute atomic E-state index is 0.145. The number of nitrogens with one attached hydrogen (secondary N) is 1. The molecule has 0 saturated carbocycles. The van der Waals surface area contributed by atoms with Crippen molar-refractivity contribution in [2.75, 3.05) is 6.54 Å². The normalized spacial score (nSPS) is 25.8. The van der Waals surface area contributed by atoms with Crippen LogP contribution in [0.2, 0.25) is 0 Å². The predicted molar refractivity (Wildman–Crippen MR) is 58.6 cm³/mol. The highest BCUT2D eigenvalue weighted by Gasteiger charge is 2.39. The first-order chi connectivity index (χ1) is 7.69. The Morgan fingerprint density at radius 3 is 3.06 bits per heavy atom. The van der Waals surface area contributed by atoms with Crippen LogP contribution in [0.25, 0.3) is 0 Å². The van der Waals surface area contributed by atoms with Gasteiger partial charge in [-0.2, -0.15) is 0 Å². The number of thiophene rings is 1. The van der Waals surface area contributed by atoms with Gasteiger partial charge in [-0.3, -0.25) is 4.79 Å². The number of nitrogens with zero attached hydrogens (tertiary/aromatic N) is 1. The Kier molecular flexibility index (Phi) is 2.90. The van der Waals surface area contributed by atoms with Crippen molar-refractivity contribution in [1.82, 2.24) is 5.32 Å². The summed E-state index contributed by atoms with van der Waals surface area (Å²) in [4.78, 5) is 11.9. The van der Waals surface area contributed by atoms with Crippen LogP contribution in [0.5, 0.6) is 0 Å². The van der Waals surface area contributed by atoms with Crippen molar-refractivity contribution in [3.8, 4) is 0 Å². The van der Waals surface area contributed by atoms with Crippen molar-refractivity contribution in [2.24, 2.45) is 10.9 Å². The van der Waals surface area contributed by atoms with E-state index in [2.05, 4.69) is 10.5 Å². The molecule has 86 valence electrons. The maximum absolute atomic E-state index is 11.2. The van der Waals surface area contributed by atoms with Gasteiger partial charge in [-0.15, -0.1) is 11.3 Å². The molecule has 0 bridgehead atoms. The second-order valence-corrected chi connectivity index (χ2v) is 4.30. The quantitative estimate of drug-likeness (QED) is 0.410. The Morgan fingerprint density at radius 1 is 1.69 bits per heavy atom. The molecule has 7 heteroatoms. The maximum atomic E-state index is 11.2. The van der Waals surface area contributed by atoms with Crippen molar-refractivity contribution in [3.05, 3.63) is 21.9 Å². The van der Waals surface area contributed by atoms with E-state index in [0.717, 1.165) is 5.56 Å². The molecule has 0 radical (unpaired) electrons. The summed E-state index contributed by atoms with van der Waals surface area (Å²) in [6, 6.07) is 1.20. The van der Waals surface area contributed by atoms with E-state index in [-0.39, 0.29) is 18.2 Å². The van der Waals surface area contributed by atoms with Crippen LogP contribution in [0.3, 0.4) is 0 Å². The number of aliphatic hydroxyl groups is 1. The zero-order valence-corrected chi connectivity index (χ0v) is 9.07. The molecule has 2 atom stereocenters. The highest BCUT2D eigenvalue weighted by Crippen LogP contribution is 2.35. The third-order valence-electron chi connectivity index (χ3n) is 2.47. The van der Waals surface area contributed by atoms with E-state index in [1.54, 1.807) is 6.07 Å². The number of hydrogen-bond donors (Lipinski definition) is 4. The van der Waals surface area contributed by atoms with Crippen LogP contribution in [0, 0.1) is 0 Å². The van der Waals surface area contributed by atoms with E-state index in [0.29, 0.717) is 4.88 Å². The Balaban J connectivity index is 2.32. The lowest BCUT2D eigenvalue weighted by atomic mass is 10.1. The second-order valence-electron chi connectivity index (χ2n) is 3.38. The van der Waals surface area contributed by atoms with Gasteiger partial charge in [0.15, 0.2) is 0 Å². The first-order valence-corrected chi connectivity index (χ1v) is 5.54. The monoisotopic (exact) mass is 241 g/mol. The topological polar surface area (TPSA) is 108 Å². The summed E-state index contributed by atoms with van der Waals surface area (Å²) in [7, 11) is 0. The fraction of sp³-hybridized carbons (Fsp3) is 0.333. The average molecular weight is 241 g/mol. The molecule has 5 N–H and O–H groups in total. The number of hydrogen-bond acceptors (Lipinski definition) is 6. The number of nitrogens with two attached hydrogens (primary N) is 1. The number of aliphatic hydroxyl groups excluding tert-OH is 1. The summed E-state index contributed by atoms with van der Waals surface area (Å²) < 4.78 is 0. The highest BCUT2D eigenvalue weighted by molar-refractivity contribution is 7.12. The van der Waals surface area contributed by atoms with E-state index < -0.39 is 12.1 Å². The summed E-state index contributed by atoms with van der Waals surface area (Å²) >= 11 is 1.35. The van der Waals surface area contributed by atoms with Crippen molar-refractivity contribution in [3.63, 3.8) is 0 Å². The van der Waals surface area contributed by atoms with Crippen LogP contribution in [-0.4, -0.2) is 34.6 Å². The van der Waals surface area contributed by atoms with Gasteiger partial charge in [0.25, 0.3) is 0 Å². The summed E-state index contributed by atoms with van der Waals surface area (Å²) in [5, 5.41) is 26.1. The SMILES string of the molecule is NCC(=O)NC1c2ccsc2/C(=N/O)C1O. The van der Waals surface area contributed by atoms with Gasteiger partial charge in [0.05, 0.1) is 17.5 Å². The van der Waals surface area contributed by atoms with Gasteiger partial charge in [0, 0.05) is 0 Å². The average Bonchev–Trinajstić information content (AvgIpc) is 2.82. The van der Waals surface area contributed by atoms with E-state index in [1.165, 1.54) is 11.3 Å². The van der Waals surface area contributed by atoms with Gasteiger partial charge in [-0.25, -0.2) is 0 Å². The van der Waals surface area contributed by atoms with Gasteiger partial charge in [-0.05, 0) is 17.0 Å². The number of rotatable bonds is 2. The summed E-state index contributed by atoms with van der Waals surface area (Å²) in [6.45, 7) is -0.145. The van der Waals surface area contributed by atoms with Crippen LogP contribution in [0.15, 0.2) is 16.6 Å². The molecule has 1 aromatic heterocycles. The summed E-state index contributed by atoms with van der Waals surface area (Å²) in [5.74, 6) is -0.361. The Bertz CT molecular complexity index is 443. The minimum Gasteiger partial charge on any atom is -0.411 e. The molecule has 6 nitrogen and oxygen atoms in total. The fourth-order valence-electron chi connectivity index (χ4n) is 1.73. The standard InChI is InChI=1S/C9H11N3O3S/c10-3-5(13)11-6-4-1-2-16-9(4)7(12-15)8(6)14/h1-2,6,8,14-15H,3,10H2,(H,11,13)/b12-7+. The van der Waals surface area contributed by atoms with Crippen molar-refractivity contribution >= 4 is 23.0 Å². The summed E-state index contributed by atoms with van der Waals surface area (Å²) in [6.07, 6.45) is -1.03. The lowest BCUT2D eigenvalue weighted by Gasteiger charge is -2.16. The Labute approximate surface area is 95.4 Å². The number of carbonyl (C=O) groups is 1. The van der Waals surface area contributed by atoms with Crippen LogP contribution >= 0.6 is 11.3 Å². The van der Waals surface area contributed by atoms with Gasteiger partial charge >= 0.3 is 0 Å². The Morgan fingerprint density at radius 2 is 2.44 bits per heavy atom. The molecule has 0 aliphatic heterocycles. The van der Waals surface area contributed by atoms with Crippen LogP contribution in [0.4, 0.5) is 0 Å². The molecule has 0 saturated heterocycles. The molecule has 1 aliphatic carbocycles. The van der Waals surface area contributed by atoms with E-state index in [1.807, 2.05) is 5.38 Å². The van der Waals surface area contributed by atoms with Gasteiger partial charge < -0.3 is 21.4 Å². The van der Waals surface area contributed by atoms with Gasteiger partial charge in [-0.1, -0.05) is 5.16 Å².